The maximum Gasteiger partial charge on any atom is 0.238 e. The normalized spacial score (nSPS) is 33.1. The van der Waals surface area contributed by atoms with Gasteiger partial charge in [-0.25, -0.2) is 0 Å². The monoisotopic (exact) mass is 253 g/mol. The molecular formula is C14H27N3O. The maximum atomic E-state index is 11.9. The zero-order valence-corrected chi connectivity index (χ0v) is 11.5. The Morgan fingerprint density at radius 2 is 2.00 bits per heavy atom. The summed E-state index contributed by atoms with van der Waals surface area (Å²) in [6.45, 7) is 5.80. The van der Waals surface area contributed by atoms with Crippen LogP contribution in [0.4, 0.5) is 0 Å². The summed E-state index contributed by atoms with van der Waals surface area (Å²) in [5, 5.41) is 9.55. The molecule has 0 aromatic heterocycles. The van der Waals surface area contributed by atoms with Gasteiger partial charge in [0.1, 0.15) is 0 Å². The Kier molecular flexibility index (Phi) is 5.45. The van der Waals surface area contributed by atoms with Crippen LogP contribution < -0.4 is 16.0 Å². The molecule has 1 unspecified atom stereocenters. The van der Waals surface area contributed by atoms with Crippen molar-refractivity contribution in [3.63, 3.8) is 0 Å². The average Bonchev–Trinajstić information content (AvgIpc) is 2.42. The second kappa shape index (κ2) is 7.10. The molecule has 1 saturated carbocycles. The standard InChI is InChI=1S/C14H27N3O/c1-11-2-4-12(5-3-11)6-7-17-14(18)13-10-15-8-9-16-13/h11-13,15-16H,2-10H2,1H3,(H,17,18). The summed E-state index contributed by atoms with van der Waals surface area (Å²) in [4.78, 5) is 11.9. The van der Waals surface area contributed by atoms with Gasteiger partial charge < -0.3 is 16.0 Å². The van der Waals surface area contributed by atoms with Crippen molar-refractivity contribution < 1.29 is 4.79 Å². The Morgan fingerprint density at radius 1 is 1.22 bits per heavy atom. The van der Waals surface area contributed by atoms with Gasteiger partial charge in [-0.3, -0.25) is 4.79 Å². The summed E-state index contributed by atoms with van der Waals surface area (Å²) in [5.74, 6) is 1.90. The third kappa shape index (κ3) is 4.25. The van der Waals surface area contributed by atoms with Crippen LogP contribution in [-0.4, -0.2) is 38.1 Å². The van der Waals surface area contributed by atoms with E-state index in [9.17, 15) is 4.79 Å². The molecule has 0 aromatic rings. The molecule has 0 spiro atoms. The fourth-order valence-electron chi connectivity index (χ4n) is 2.98. The SMILES string of the molecule is CC1CCC(CCNC(=O)C2CNCCN2)CC1. The van der Waals surface area contributed by atoms with Crippen LogP contribution in [0.15, 0.2) is 0 Å². The molecule has 0 bridgehead atoms. The first kappa shape index (κ1) is 13.8. The molecule has 104 valence electrons. The summed E-state index contributed by atoms with van der Waals surface area (Å²) in [6, 6.07) is -0.0369. The van der Waals surface area contributed by atoms with Gasteiger partial charge in [-0.05, 0) is 18.3 Å². The fraction of sp³-hybridized carbons (Fsp3) is 0.929. The van der Waals surface area contributed by atoms with Crippen molar-refractivity contribution in [3.8, 4) is 0 Å². The highest BCUT2D eigenvalue weighted by Crippen LogP contribution is 2.29. The zero-order valence-electron chi connectivity index (χ0n) is 11.5. The van der Waals surface area contributed by atoms with Gasteiger partial charge in [0.25, 0.3) is 0 Å². The van der Waals surface area contributed by atoms with Crippen LogP contribution in [0.5, 0.6) is 0 Å². The molecule has 3 N–H and O–H groups in total. The molecule has 1 amide bonds. The van der Waals surface area contributed by atoms with Crippen LogP contribution in [-0.2, 0) is 4.79 Å². The molecule has 0 radical (unpaired) electrons. The van der Waals surface area contributed by atoms with Gasteiger partial charge in [0.15, 0.2) is 0 Å². The van der Waals surface area contributed by atoms with E-state index in [4.69, 9.17) is 0 Å². The average molecular weight is 253 g/mol. The number of rotatable bonds is 4. The van der Waals surface area contributed by atoms with E-state index in [0.717, 1.165) is 44.4 Å². The molecule has 2 aliphatic rings. The zero-order chi connectivity index (χ0) is 12.8. The largest absolute Gasteiger partial charge is 0.355 e. The lowest BCUT2D eigenvalue weighted by atomic mass is 9.81. The predicted molar refractivity (Wildman–Crippen MR) is 73.4 cm³/mol. The lowest BCUT2D eigenvalue weighted by Crippen LogP contribution is -2.55. The molecule has 1 aliphatic carbocycles. The quantitative estimate of drug-likeness (QED) is 0.697. The van der Waals surface area contributed by atoms with E-state index in [-0.39, 0.29) is 11.9 Å². The van der Waals surface area contributed by atoms with Crippen molar-refractivity contribution in [1.82, 2.24) is 16.0 Å². The summed E-state index contributed by atoms with van der Waals surface area (Å²) in [5.41, 5.74) is 0. The van der Waals surface area contributed by atoms with Crippen molar-refractivity contribution >= 4 is 5.91 Å². The van der Waals surface area contributed by atoms with Crippen LogP contribution in [0.2, 0.25) is 0 Å². The van der Waals surface area contributed by atoms with E-state index in [1.165, 1.54) is 25.7 Å². The van der Waals surface area contributed by atoms with Crippen LogP contribution in [0.1, 0.15) is 39.0 Å². The molecular weight excluding hydrogens is 226 g/mol. The minimum absolute atomic E-state index is 0.0369. The highest BCUT2D eigenvalue weighted by molar-refractivity contribution is 5.82. The van der Waals surface area contributed by atoms with Gasteiger partial charge >= 0.3 is 0 Å². The number of piperazine rings is 1. The Morgan fingerprint density at radius 3 is 2.67 bits per heavy atom. The topological polar surface area (TPSA) is 53.2 Å². The maximum absolute atomic E-state index is 11.9. The first-order valence-corrected chi connectivity index (χ1v) is 7.47. The predicted octanol–water partition coefficient (Wildman–Crippen LogP) is 0.880. The molecule has 4 heteroatoms. The van der Waals surface area contributed by atoms with Crippen molar-refractivity contribution in [1.29, 1.82) is 0 Å². The van der Waals surface area contributed by atoms with E-state index in [0.29, 0.717) is 0 Å². The number of nitrogens with one attached hydrogen (secondary N) is 3. The van der Waals surface area contributed by atoms with Crippen LogP contribution >= 0.6 is 0 Å². The summed E-state index contributed by atoms with van der Waals surface area (Å²) < 4.78 is 0. The van der Waals surface area contributed by atoms with Crippen molar-refractivity contribution in [2.24, 2.45) is 11.8 Å². The van der Waals surface area contributed by atoms with Crippen LogP contribution in [0.25, 0.3) is 0 Å². The van der Waals surface area contributed by atoms with Gasteiger partial charge in [-0.2, -0.15) is 0 Å². The molecule has 1 saturated heterocycles. The Balaban J connectivity index is 1.58. The van der Waals surface area contributed by atoms with Crippen molar-refractivity contribution in [3.05, 3.63) is 0 Å². The van der Waals surface area contributed by atoms with Gasteiger partial charge in [-0.15, -0.1) is 0 Å². The first-order valence-electron chi connectivity index (χ1n) is 7.47. The molecule has 2 fully saturated rings. The number of hydrogen-bond acceptors (Lipinski definition) is 3. The Labute approximate surface area is 110 Å². The molecule has 2 rings (SSSR count). The van der Waals surface area contributed by atoms with Gasteiger partial charge in [0.05, 0.1) is 6.04 Å². The molecule has 0 aromatic carbocycles. The summed E-state index contributed by atoms with van der Waals surface area (Å²) in [6.07, 6.45) is 6.58. The van der Waals surface area contributed by atoms with Crippen LogP contribution in [0.3, 0.4) is 0 Å². The third-order valence-corrected chi connectivity index (χ3v) is 4.34. The molecule has 1 atom stereocenters. The minimum Gasteiger partial charge on any atom is -0.355 e. The number of hydrogen-bond donors (Lipinski definition) is 3. The second-order valence-corrected chi connectivity index (χ2v) is 5.92. The summed E-state index contributed by atoms with van der Waals surface area (Å²) >= 11 is 0. The fourth-order valence-corrected chi connectivity index (χ4v) is 2.98. The Hall–Kier alpha value is -0.610. The first-order chi connectivity index (χ1) is 8.75. The van der Waals surface area contributed by atoms with E-state index in [2.05, 4.69) is 22.9 Å². The lowest BCUT2D eigenvalue weighted by molar-refractivity contribution is -0.123. The van der Waals surface area contributed by atoms with Crippen molar-refractivity contribution in [2.45, 2.75) is 45.1 Å². The van der Waals surface area contributed by atoms with E-state index < -0.39 is 0 Å². The van der Waals surface area contributed by atoms with E-state index in [1.54, 1.807) is 0 Å². The Bertz CT molecular complexity index is 256. The second-order valence-electron chi connectivity index (χ2n) is 5.92. The summed E-state index contributed by atoms with van der Waals surface area (Å²) in [7, 11) is 0. The third-order valence-electron chi connectivity index (χ3n) is 4.34. The molecule has 4 nitrogen and oxygen atoms in total. The highest BCUT2D eigenvalue weighted by Gasteiger charge is 2.21. The molecule has 1 aliphatic heterocycles. The smallest absolute Gasteiger partial charge is 0.238 e. The van der Waals surface area contributed by atoms with Crippen LogP contribution in [0, 0.1) is 11.8 Å². The van der Waals surface area contributed by atoms with Crippen molar-refractivity contribution in [2.75, 3.05) is 26.2 Å². The lowest BCUT2D eigenvalue weighted by Gasteiger charge is -2.27. The minimum atomic E-state index is -0.0369. The molecule has 1 heterocycles. The van der Waals surface area contributed by atoms with Gasteiger partial charge in [0.2, 0.25) is 5.91 Å². The number of carbonyl (C=O) groups excluding carboxylic acids is 1. The number of carbonyl (C=O) groups is 1. The van der Waals surface area contributed by atoms with E-state index >= 15 is 0 Å². The van der Waals surface area contributed by atoms with E-state index in [1.807, 2.05) is 0 Å². The molecule has 18 heavy (non-hydrogen) atoms. The van der Waals surface area contributed by atoms with Gasteiger partial charge in [0, 0.05) is 26.2 Å². The number of amides is 1. The van der Waals surface area contributed by atoms with Gasteiger partial charge in [-0.1, -0.05) is 32.6 Å². The highest BCUT2D eigenvalue weighted by atomic mass is 16.2.